The summed E-state index contributed by atoms with van der Waals surface area (Å²) in [7, 11) is 0. The van der Waals surface area contributed by atoms with Gasteiger partial charge in [0.15, 0.2) is 0 Å². The van der Waals surface area contributed by atoms with E-state index < -0.39 is 0 Å². The molecule has 5 aromatic rings. The van der Waals surface area contributed by atoms with Crippen LogP contribution in [-0.4, -0.2) is 0 Å². The fourth-order valence-electron chi connectivity index (χ4n) is 4.18. The van der Waals surface area contributed by atoms with Crippen LogP contribution in [-0.2, 0) is 6.42 Å². The molecule has 0 N–H and O–H groups in total. The average Bonchev–Trinajstić information content (AvgIpc) is 3.17. The largest absolute Gasteiger partial charge is 0.135 e. The number of fused-ring (bicyclic) bond motifs is 8. The van der Waals surface area contributed by atoms with Crippen molar-refractivity contribution >= 4 is 42.3 Å². The predicted molar refractivity (Wildman–Crippen MR) is 105 cm³/mol. The molecule has 0 saturated carbocycles. The predicted octanol–water partition coefficient (Wildman–Crippen LogP) is 6.78. The van der Waals surface area contributed by atoms with Crippen LogP contribution >= 0.6 is 11.3 Å². The molecule has 0 fully saturated rings. The standard InChI is InChI=1S/C23H14S/c1-2-6-16-14(5-1)9-10-17-19-13-21-18-7-3-4-8-22(18)24-23(21)12-15(19)11-20(16)17/h1-10,12-13H,11H2. The quantitative estimate of drug-likeness (QED) is 0.289. The maximum absolute atomic E-state index is 2.42. The fourth-order valence-corrected chi connectivity index (χ4v) is 5.33. The highest BCUT2D eigenvalue weighted by Gasteiger charge is 2.22. The van der Waals surface area contributed by atoms with Crippen LogP contribution in [0.15, 0.2) is 72.8 Å². The molecule has 0 aliphatic heterocycles. The summed E-state index contributed by atoms with van der Waals surface area (Å²) in [6, 6.07) is 26.9. The number of hydrogen-bond acceptors (Lipinski definition) is 1. The molecule has 1 aliphatic rings. The Kier molecular flexibility index (Phi) is 2.37. The number of rotatable bonds is 0. The van der Waals surface area contributed by atoms with Crippen molar-refractivity contribution in [1.29, 1.82) is 0 Å². The Morgan fingerprint density at radius 1 is 0.625 bits per heavy atom. The van der Waals surface area contributed by atoms with E-state index in [0.29, 0.717) is 0 Å². The van der Waals surface area contributed by atoms with Gasteiger partial charge in [0.1, 0.15) is 0 Å². The molecule has 0 atom stereocenters. The van der Waals surface area contributed by atoms with Crippen molar-refractivity contribution in [3.05, 3.63) is 83.9 Å². The number of thiophene rings is 1. The molecule has 0 unspecified atom stereocenters. The fraction of sp³-hybridized carbons (Fsp3) is 0.0435. The second-order valence-electron chi connectivity index (χ2n) is 6.59. The zero-order valence-electron chi connectivity index (χ0n) is 13.0. The van der Waals surface area contributed by atoms with Crippen molar-refractivity contribution in [2.24, 2.45) is 0 Å². The molecule has 0 spiro atoms. The van der Waals surface area contributed by atoms with E-state index >= 15 is 0 Å². The second-order valence-corrected chi connectivity index (χ2v) is 7.68. The summed E-state index contributed by atoms with van der Waals surface area (Å²) in [5.41, 5.74) is 5.80. The van der Waals surface area contributed by atoms with Crippen LogP contribution in [0, 0.1) is 0 Å². The molecule has 0 saturated heterocycles. The van der Waals surface area contributed by atoms with E-state index in [1.165, 1.54) is 53.2 Å². The van der Waals surface area contributed by atoms with Gasteiger partial charge in [-0.1, -0.05) is 54.6 Å². The van der Waals surface area contributed by atoms with Crippen molar-refractivity contribution in [3.8, 4) is 11.1 Å². The lowest BCUT2D eigenvalue weighted by atomic mass is 9.99. The van der Waals surface area contributed by atoms with E-state index in [1.54, 1.807) is 0 Å². The van der Waals surface area contributed by atoms with Crippen molar-refractivity contribution in [2.75, 3.05) is 0 Å². The van der Waals surface area contributed by atoms with Gasteiger partial charge in [-0.25, -0.2) is 0 Å². The Morgan fingerprint density at radius 3 is 2.42 bits per heavy atom. The monoisotopic (exact) mass is 322 g/mol. The normalized spacial score (nSPS) is 12.8. The van der Waals surface area contributed by atoms with Gasteiger partial charge in [0.2, 0.25) is 0 Å². The van der Waals surface area contributed by atoms with Gasteiger partial charge in [-0.3, -0.25) is 0 Å². The molecule has 1 heterocycles. The molecule has 6 rings (SSSR count). The minimum atomic E-state index is 1.05. The van der Waals surface area contributed by atoms with Crippen molar-refractivity contribution in [2.45, 2.75) is 6.42 Å². The van der Waals surface area contributed by atoms with E-state index in [4.69, 9.17) is 0 Å². The lowest BCUT2D eigenvalue weighted by molar-refractivity contribution is 1.29. The van der Waals surface area contributed by atoms with E-state index in [2.05, 4.69) is 72.8 Å². The first kappa shape index (κ1) is 12.7. The van der Waals surface area contributed by atoms with E-state index in [1.807, 2.05) is 11.3 Å². The first-order valence-corrected chi connectivity index (χ1v) is 9.15. The van der Waals surface area contributed by atoms with Gasteiger partial charge < -0.3 is 0 Å². The van der Waals surface area contributed by atoms with Gasteiger partial charge in [0.05, 0.1) is 0 Å². The molecule has 0 nitrogen and oxygen atoms in total. The minimum absolute atomic E-state index is 1.05. The third-order valence-electron chi connectivity index (χ3n) is 5.30. The van der Waals surface area contributed by atoms with Crippen LogP contribution in [0.2, 0.25) is 0 Å². The highest BCUT2D eigenvalue weighted by atomic mass is 32.1. The Labute approximate surface area is 144 Å². The molecule has 0 bridgehead atoms. The molecular formula is C23H14S. The molecule has 1 heteroatoms. The maximum Gasteiger partial charge on any atom is 0.0358 e. The molecule has 112 valence electrons. The van der Waals surface area contributed by atoms with Crippen molar-refractivity contribution in [3.63, 3.8) is 0 Å². The molecule has 0 amide bonds. The number of hydrogen-bond donors (Lipinski definition) is 0. The maximum atomic E-state index is 2.42. The van der Waals surface area contributed by atoms with Crippen molar-refractivity contribution < 1.29 is 0 Å². The van der Waals surface area contributed by atoms with Gasteiger partial charge >= 0.3 is 0 Å². The first-order valence-electron chi connectivity index (χ1n) is 8.34. The second kappa shape index (κ2) is 4.46. The summed E-state index contributed by atoms with van der Waals surface area (Å²) >= 11 is 1.91. The van der Waals surface area contributed by atoms with Gasteiger partial charge in [0, 0.05) is 20.2 Å². The molecule has 24 heavy (non-hydrogen) atoms. The molecule has 4 aromatic carbocycles. The Balaban J connectivity index is 1.71. The van der Waals surface area contributed by atoms with Crippen LogP contribution < -0.4 is 0 Å². The number of benzene rings is 4. The summed E-state index contributed by atoms with van der Waals surface area (Å²) in [5, 5.41) is 5.53. The van der Waals surface area contributed by atoms with Gasteiger partial charge in [-0.15, -0.1) is 11.3 Å². The highest BCUT2D eigenvalue weighted by molar-refractivity contribution is 7.25. The SMILES string of the molecule is c1ccc2c3c(ccc2c1)-c1cc2c(cc1C3)sc1ccccc12. The Bertz CT molecular complexity index is 1270. The van der Waals surface area contributed by atoms with Crippen LogP contribution in [0.1, 0.15) is 11.1 Å². The zero-order valence-corrected chi connectivity index (χ0v) is 13.9. The van der Waals surface area contributed by atoms with Crippen molar-refractivity contribution in [1.82, 2.24) is 0 Å². The smallest absolute Gasteiger partial charge is 0.0358 e. The van der Waals surface area contributed by atoms with Crippen LogP contribution in [0.25, 0.3) is 42.1 Å². The third-order valence-corrected chi connectivity index (χ3v) is 6.43. The van der Waals surface area contributed by atoms with Crippen LogP contribution in [0.3, 0.4) is 0 Å². The summed E-state index contributed by atoms with van der Waals surface area (Å²) < 4.78 is 2.79. The first-order chi connectivity index (χ1) is 11.9. The van der Waals surface area contributed by atoms with E-state index in [0.717, 1.165) is 6.42 Å². The lowest BCUT2D eigenvalue weighted by Gasteiger charge is -2.05. The van der Waals surface area contributed by atoms with Gasteiger partial charge in [0.25, 0.3) is 0 Å². The van der Waals surface area contributed by atoms with Crippen LogP contribution in [0.4, 0.5) is 0 Å². The lowest BCUT2D eigenvalue weighted by Crippen LogP contribution is -1.83. The average molecular weight is 322 g/mol. The topological polar surface area (TPSA) is 0 Å². The molecule has 1 aliphatic carbocycles. The van der Waals surface area contributed by atoms with Gasteiger partial charge in [-0.2, -0.15) is 0 Å². The minimum Gasteiger partial charge on any atom is -0.135 e. The zero-order chi connectivity index (χ0) is 15.7. The van der Waals surface area contributed by atoms with E-state index in [9.17, 15) is 0 Å². The summed E-state index contributed by atoms with van der Waals surface area (Å²) in [6.07, 6.45) is 1.05. The summed E-state index contributed by atoms with van der Waals surface area (Å²) in [6.45, 7) is 0. The Hall–Kier alpha value is -2.64. The molecular weight excluding hydrogens is 308 g/mol. The highest BCUT2D eigenvalue weighted by Crippen LogP contribution is 2.45. The van der Waals surface area contributed by atoms with Crippen LogP contribution in [0.5, 0.6) is 0 Å². The van der Waals surface area contributed by atoms with E-state index in [-0.39, 0.29) is 0 Å². The summed E-state index contributed by atoms with van der Waals surface area (Å²) in [5.74, 6) is 0. The molecule has 1 aromatic heterocycles. The summed E-state index contributed by atoms with van der Waals surface area (Å²) in [4.78, 5) is 0. The third kappa shape index (κ3) is 1.58. The van der Waals surface area contributed by atoms with Gasteiger partial charge in [-0.05, 0) is 57.6 Å². The molecule has 0 radical (unpaired) electrons. The Morgan fingerprint density at radius 2 is 1.46 bits per heavy atom.